The van der Waals surface area contributed by atoms with Crippen LogP contribution in [0.2, 0.25) is 15.1 Å². The highest BCUT2D eigenvalue weighted by atomic mass is 35.5. The molecule has 0 heterocycles. The second-order valence-electron chi connectivity index (χ2n) is 9.38. The van der Waals surface area contributed by atoms with E-state index in [-0.39, 0.29) is 23.5 Å². The van der Waals surface area contributed by atoms with Gasteiger partial charge in [0.15, 0.2) is 0 Å². The van der Waals surface area contributed by atoms with E-state index in [4.69, 9.17) is 34.8 Å². The maximum absolute atomic E-state index is 14.3. The van der Waals surface area contributed by atoms with Crippen LogP contribution in [0.1, 0.15) is 11.1 Å². The van der Waals surface area contributed by atoms with Crippen LogP contribution in [0.15, 0.2) is 108 Å². The molecule has 7 nitrogen and oxygen atoms in total. The summed E-state index contributed by atoms with van der Waals surface area (Å²) in [4.78, 5) is 28.9. The summed E-state index contributed by atoms with van der Waals surface area (Å²) in [6, 6.07) is 27.1. The number of halogens is 3. The number of nitrogens with one attached hydrogen (secondary N) is 1. The van der Waals surface area contributed by atoms with Gasteiger partial charge in [0, 0.05) is 35.1 Å². The van der Waals surface area contributed by atoms with E-state index in [9.17, 15) is 18.0 Å². The fraction of sp³-hybridized carbons (Fsp3) is 0.161. The average Bonchev–Trinajstić information content (AvgIpc) is 2.99. The van der Waals surface area contributed by atoms with Crippen LogP contribution in [-0.4, -0.2) is 44.8 Å². The lowest BCUT2D eigenvalue weighted by molar-refractivity contribution is -0.139. The Balaban J connectivity index is 1.79. The van der Waals surface area contributed by atoms with Gasteiger partial charge in [0.1, 0.15) is 12.6 Å². The number of nitrogens with zero attached hydrogens (tertiary/aromatic N) is 2. The van der Waals surface area contributed by atoms with Crippen LogP contribution < -0.4 is 9.62 Å². The normalized spacial score (nSPS) is 11.9. The minimum absolute atomic E-state index is 0.00665. The minimum atomic E-state index is -4.19. The number of anilines is 1. The predicted molar refractivity (Wildman–Crippen MR) is 167 cm³/mol. The van der Waals surface area contributed by atoms with Gasteiger partial charge in [-0.1, -0.05) is 89.4 Å². The Hall–Kier alpha value is -3.56. The van der Waals surface area contributed by atoms with Crippen molar-refractivity contribution in [1.29, 1.82) is 0 Å². The molecule has 0 fully saturated rings. The van der Waals surface area contributed by atoms with Crippen molar-refractivity contribution in [2.24, 2.45) is 0 Å². The molecule has 42 heavy (non-hydrogen) atoms. The highest BCUT2D eigenvalue weighted by Crippen LogP contribution is 2.28. The fourth-order valence-electron chi connectivity index (χ4n) is 4.41. The Bertz CT molecular complexity index is 1640. The van der Waals surface area contributed by atoms with E-state index in [0.717, 1.165) is 9.87 Å². The second kappa shape index (κ2) is 14.1. The first-order valence-electron chi connectivity index (χ1n) is 12.9. The zero-order chi connectivity index (χ0) is 30.3. The molecule has 0 spiro atoms. The van der Waals surface area contributed by atoms with Crippen molar-refractivity contribution < 1.29 is 18.0 Å². The number of hydrogen-bond acceptors (Lipinski definition) is 4. The smallest absolute Gasteiger partial charge is 0.264 e. The first-order chi connectivity index (χ1) is 20.1. The Morgan fingerprint density at radius 3 is 2.00 bits per heavy atom. The van der Waals surface area contributed by atoms with Crippen LogP contribution in [0.5, 0.6) is 0 Å². The fourth-order valence-corrected chi connectivity index (χ4v) is 6.44. The molecule has 0 bridgehead atoms. The molecule has 11 heteroatoms. The third kappa shape index (κ3) is 7.63. The average molecular weight is 645 g/mol. The number of rotatable bonds is 11. The topological polar surface area (TPSA) is 86.8 Å². The number of carbonyl (C=O) groups excluding carboxylic acids is 2. The Labute approximate surface area is 260 Å². The van der Waals surface area contributed by atoms with E-state index in [1.807, 2.05) is 30.3 Å². The Kier molecular flexibility index (Phi) is 10.5. The summed E-state index contributed by atoms with van der Waals surface area (Å²) < 4.78 is 28.8. The van der Waals surface area contributed by atoms with Gasteiger partial charge in [0.2, 0.25) is 11.8 Å². The number of sulfonamides is 1. The lowest BCUT2D eigenvalue weighted by Crippen LogP contribution is -2.53. The molecular weight excluding hydrogens is 617 g/mol. The molecular formula is C31H28Cl3N3O4S. The van der Waals surface area contributed by atoms with Gasteiger partial charge >= 0.3 is 0 Å². The van der Waals surface area contributed by atoms with Gasteiger partial charge in [0.05, 0.1) is 10.6 Å². The summed E-state index contributed by atoms with van der Waals surface area (Å²) in [6.07, 6.45) is 0.184. The van der Waals surface area contributed by atoms with Crippen LogP contribution in [0.25, 0.3) is 0 Å². The maximum atomic E-state index is 14.3. The monoisotopic (exact) mass is 643 g/mol. The van der Waals surface area contributed by atoms with Crippen molar-refractivity contribution in [3.8, 4) is 0 Å². The molecule has 0 saturated carbocycles. The number of benzene rings is 4. The van der Waals surface area contributed by atoms with Crippen molar-refractivity contribution >= 4 is 62.3 Å². The standard InChI is InChI=1S/C31H28Cl3N3O4S/c1-35-31(39)29(18-22-8-4-2-5-9-22)36(20-23-12-13-25(33)19-28(23)34)30(38)21-37(26-16-14-24(32)15-17-26)42(40,41)27-10-6-3-7-11-27/h2-17,19,29H,18,20-21H2,1H3,(H,35,39). The van der Waals surface area contributed by atoms with Gasteiger partial charge in [-0.3, -0.25) is 13.9 Å². The SMILES string of the molecule is CNC(=O)C(Cc1ccccc1)N(Cc1ccc(Cl)cc1Cl)C(=O)CN(c1ccc(Cl)cc1)S(=O)(=O)c1ccccc1. The first-order valence-corrected chi connectivity index (χ1v) is 15.5. The van der Waals surface area contributed by atoms with Crippen molar-refractivity contribution in [1.82, 2.24) is 10.2 Å². The first kappa shape index (κ1) is 31.4. The van der Waals surface area contributed by atoms with E-state index in [1.165, 1.54) is 36.2 Å². The van der Waals surface area contributed by atoms with E-state index in [0.29, 0.717) is 20.6 Å². The molecule has 1 N–H and O–H groups in total. The van der Waals surface area contributed by atoms with Crippen LogP contribution in [-0.2, 0) is 32.6 Å². The molecule has 218 valence electrons. The zero-order valence-electron chi connectivity index (χ0n) is 22.6. The van der Waals surface area contributed by atoms with Crippen molar-refractivity contribution in [3.05, 3.63) is 129 Å². The predicted octanol–water partition coefficient (Wildman–Crippen LogP) is 6.23. The summed E-state index contributed by atoms with van der Waals surface area (Å²) in [6.45, 7) is -0.661. The third-order valence-electron chi connectivity index (χ3n) is 6.60. The Morgan fingerprint density at radius 1 is 0.810 bits per heavy atom. The van der Waals surface area contributed by atoms with E-state index < -0.39 is 34.4 Å². The molecule has 0 aromatic heterocycles. The number of carbonyl (C=O) groups is 2. The zero-order valence-corrected chi connectivity index (χ0v) is 25.7. The lowest BCUT2D eigenvalue weighted by Gasteiger charge is -2.33. The van der Waals surface area contributed by atoms with Gasteiger partial charge in [-0.25, -0.2) is 8.42 Å². The molecule has 0 aliphatic rings. The summed E-state index contributed by atoms with van der Waals surface area (Å²) in [5, 5.41) is 3.77. The van der Waals surface area contributed by atoms with Crippen LogP contribution in [0.4, 0.5) is 5.69 Å². The van der Waals surface area contributed by atoms with Crippen molar-refractivity contribution in [2.45, 2.75) is 23.9 Å². The Morgan fingerprint density at radius 2 is 1.40 bits per heavy atom. The molecule has 1 atom stereocenters. The largest absolute Gasteiger partial charge is 0.357 e. The summed E-state index contributed by atoms with van der Waals surface area (Å²) >= 11 is 18.7. The second-order valence-corrected chi connectivity index (χ2v) is 12.5. The molecule has 4 rings (SSSR count). The molecule has 2 amide bonds. The van der Waals surface area contributed by atoms with Crippen LogP contribution in [0, 0.1) is 0 Å². The highest BCUT2D eigenvalue weighted by Gasteiger charge is 2.34. The quantitative estimate of drug-likeness (QED) is 0.210. The minimum Gasteiger partial charge on any atom is -0.357 e. The van der Waals surface area contributed by atoms with Gasteiger partial charge in [-0.15, -0.1) is 0 Å². The van der Waals surface area contributed by atoms with E-state index in [2.05, 4.69) is 5.32 Å². The molecule has 0 aliphatic carbocycles. The number of amides is 2. The van der Waals surface area contributed by atoms with Gasteiger partial charge in [0.25, 0.3) is 10.0 Å². The van der Waals surface area contributed by atoms with Crippen LogP contribution >= 0.6 is 34.8 Å². The summed E-state index contributed by atoms with van der Waals surface area (Å²) in [5.41, 5.74) is 1.60. The molecule has 0 radical (unpaired) electrons. The highest BCUT2D eigenvalue weighted by molar-refractivity contribution is 7.92. The number of hydrogen-bond donors (Lipinski definition) is 1. The van der Waals surface area contributed by atoms with Crippen molar-refractivity contribution in [3.63, 3.8) is 0 Å². The van der Waals surface area contributed by atoms with Gasteiger partial charge < -0.3 is 10.2 Å². The molecule has 1 unspecified atom stereocenters. The lowest BCUT2D eigenvalue weighted by atomic mass is 10.0. The summed E-state index contributed by atoms with van der Waals surface area (Å²) in [5.74, 6) is -1.03. The summed E-state index contributed by atoms with van der Waals surface area (Å²) in [7, 11) is -2.71. The van der Waals surface area contributed by atoms with Crippen molar-refractivity contribution in [2.75, 3.05) is 17.9 Å². The molecule has 4 aromatic carbocycles. The van der Waals surface area contributed by atoms with Gasteiger partial charge in [-0.05, 0) is 59.7 Å². The van der Waals surface area contributed by atoms with Gasteiger partial charge in [-0.2, -0.15) is 0 Å². The van der Waals surface area contributed by atoms with E-state index >= 15 is 0 Å². The van der Waals surface area contributed by atoms with E-state index in [1.54, 1.807) is 48.5 Å². The molecule has 4 aromatic rings. The van der Waals surface area contributed by atoms with Crippen LogP contribution in [0.3, 0.4) is 0 Å². The molecule has 0 saturated heterocycles. The molecule has 0 aliphatic heterocycles. The third-order valence-corrected chi connectivity index (χ3v) is 9.22. The maximum Gasteiger partial charge on any atom is 0.264 e. The number of likely N-dealkylation sites (N-methyl/N-ethyl adjacent to an activating group) is 1.